The number of halogens is 7. The molecule has 0 bridgehead atoms. The average molecular weight is 315 g/mol. The molecule has 0 unspecified atom stereocenters. The Balaban J connectivity index is 2.69. The lowest BCUT2D eigenvalue weighted by Gasteiger charge is -2.11. The number of fused-ring (bicyclic) bond motifs is 1. The van der Waals surface area contributed by atoms with Gasteiger partial charge in [0.2, 0.25) is 5.82 Å². The fraction of sp³-hybridized carbons (Fsp3) is 0.273. The molecule has 0 atom stereocenters. The van der Waals surface area contributed by atoms with Crippen molar-refractivity contribution in [2.45, 2.75) is 18.8 Å². The molecule has 9 heteroatoms. The minimum atomic E-state index is -4.89. The van der Waals surface area contributed by atoms with E-state index in [-0.39, 0.29) is 10.9 Å². The minimum Gasteiger partial charge on any atom is -0.224 e. The first-order chi connectivity index (χ1) is 9.08. The summed E-state index contributed by atoms with van der Waals surface area (Å²) in [5, 5.41) is -0.590. The Bertz CT molecular complexity index is 650. The van der Waals surface area contributed by atoms with Crippen LogP contribution >= 0.6 is 11.6 Å². The molecule has 0 amide bonds. The Morgan fingerprint density at radius 3 is 2.20 bits per heavy atom. The molecule has 1 aromatic carbocycles. The first-order valence-electron chi connectivity index (χ1n) is 5.17. The van der Waals surface area contributed by atoms with Crippen LogP contribution in [0.15, 0.2) is 18.2 Å². The van der Waals surface area contributed by atoms with Gasteiger partial charge in [-0.05, 0) is 11.6 Å². The lowest BCUT2D eigenvalue weighted by atomic mass is 10.1. The predicted octanol–water partition coefficient (Wildman–Crippen LogP) is 4.41. The maximum Gasteiger partial charge on any atom is 0.451 e. The van der Waals surface area contributed by atoms with Gasteiger partial charge in [-0.3, -0.25) is 0 Å². The van der Waals surface area contributed by atoms with Crippen LogP contribution < -0.4 is 0 Å². The summed E-state index contributed by atoms with van der Waals surface area (Å²) in [4.78, 5) is 6.23. The minimum absolute atomic E-state index is 0.0542. The van der Waals surface area contributed by atoms with Crippen molar-refractivity contribution in [1.29, 1.82) is 0 Å². The average Bonchev–Trinajstić information content (AvgIpc) is 2.26. The molecule has 1 heterocycles. The fourth-order valence-corrected chi connectivity index (χ4v) is 1.89. The summed E-state index contributed by atoms with van der Waals surface area (Å²) < 4.78 is 74.9. The zero-order valence-corrected chi connectivity index (χ0v) is 10.2. The van der Waals surface area contributed by atoms with E-state index in [1.165, 1.54) is 12.1 Å². The molecule has 0 aliphatic rings. The summed E-state index contributed by atoms with van der Waals surface area (Å²) in [6.07, 6.45) is -10.8. The molecule has 0 saturated carbocycles. The maximum atomic E-state index is 12.6. The Hall–Kier alpha value is -1.57. The quantitative estimate of drug-likeness (QED) is 0.575. The molecule has 0 aliphatic heterocycles. The summed E-state index contributed by atoms with van der Waals surface area (Å²) >= 11 is 5.58. The van der Waals surface area contributed by atoms with Crippen molar-refractivity contribution in [3.8, 4) is 0 Å². The highest BCUT2D eigenvalue weighted by atomic mass is 35.5. The van der Waals surface area contributed by atoms with Crippen LogP contribution in [0.3, 0.4) is 0 Å². The monoisotopic (exact) mass is 314 g/mol. The van der Waals surface area contributed by atoms with Crippen LogP contribution in [0.1, 0.15) is 11.4 Å². The molecular formula is C11H5ClF6N2. The molecule has 0 aliphatic carbocycles. The van der Waals surface area contributed by atoms with Gasteiger partial charge in [-0.25, -0.2) is 9.97 Å². The van der Waals surface area contributed by atoms with Crippen LogP contribution in [-0.2, 0) is 12.6 Å². The molecule has 0 saturated heterocycles. The van der Waals surface area contributed by atoms with Gasteiger partial charge in [-0.15, -0.1) is 0 Å². The van der Waals surface area contributed by atoms with E-state index in [1.807, 2.05) is 0 Å². The van der Waals surface area contributed by atoms with Gasteiger partial charge >= 0.3 is 12.4 Å². The smallest absolute Gasteiger partial charge is 0.224 e. The first kappa shape index (κ1) is 14.8. The third-order valence-electron chi connectivity index (χ3n) is 2.41. The van der Waals surface area contributed by atoms with Crippen LogP contribution in [-0.4, -0.2) is 16.1 Å². The first-order valence-corrected chi connectivity index (χ1v) is 5.55. The molecule has 2 rings (SSSR count). The second-order valence-electron chi connectivity index (χ2n) is 3.94. The van der Waals surface area contributed by atoms with E-state index in [1.54, 1.807) is 0 Å². The van der Waals surface area contributed by atoms with E-state index < -0.39 is 35.3 Å². The van der Waals surface area contributed by atoms with Gasteiger partial charge in [0.1, 0.15) is 5.15 Å². The number of benzene rings is 1. The SMILES string of the molecule is FC(F)(F)Cc1cccc2c(Cl)nc(C(F)(F)F)nc12. The summed E-state index contributed by atoms with van der Waals surface area (Å²) in [5.74, 6) is -1.57. The highest BCUT2D eigenvalue weighted by molar-refractivity contribution is 6.34. The molecule has 2 aromatic rings. The normalized spacial score (nSPS) is 12.9. The third kappa shape index (κ3) is 3.12. The van der Waals surface area contributed by atoms with Gasteiger partial charge in [0, 0.05) is 5.39 Å². The molecular weight excluding hydrogens is 310 g/mol. The zero-order chi connectivity index (χ0) is 15.1. The zero-order valence-electron chi connectivity index (χ0n) is 9.48. The van der Waals surface area contributed by atoms with Crippen molar-refractivity contribution in [3.05, 3.63) is 34.7 Å². The van der Waals surface area contributed by atoms with Gasteiger partial charge < -0.3 is 0 Å². The van der Waals surface area contributed by atoms with Crippen LogP contribution in [0, 0.1) is 0 Å². The van der Waals surface area contributed by atoms with Crippen molar-refractivity contribution in [1.82, 2.24) is 9.97 Å². The van der Waals surface area contributed by atoms with E-state index in [0.29, 0.717) is 0 Å². The molecule has 0 fully saturated rings. The molecule has 20 heavy (non-hydrogen) atoms. The number of para-hydroxylation sites is 1. The summed E-state index contributed by atoms with van der Waals surface area (Å²) in [5.41, 5.74) is -0.832. The summed E-state index contributed by atoms with van der Waals surface area (Å²) in [6.45, 7) is 0. The van der Waals surface area contributed by atoms with E-state index in [4.69, 9.17) is 11.6 Å². The Labute approximate surface area is 113 Å². The summed E-state index contributed by atoms with van der Waals surface area (Å²) in [6, 6.07) is 3.57. The molecule has 108 valence electrons. The second-order valence-corrected chi connectivity index (χ2v) is 4.30. The fourth-order valence-electron chi connectivity index (χ4n) is 1.66. The Morgan fingerprint density at radius 2 is 1.65 bits per heavy atom. The third-order valence-corrected chi connectivity index (χ3v) is 2.70. The molecule has 2 nitrogen and oxygen atoms in total. The topological polar surface area (TPSA) is 25.8 Å². The van der Waals surface area contributed by atoms with Crippen molar-refractivity contribution >= 4 is 22.5 Å². The van der Waals surface area contributed by atoms with Crippen molar-refractivity contribution in [3.63, 3.8) is 0 Å². The van der Waals surface area contributed by atoms with Crippen molar-refractivity contribution in [2.24, 2.45) is 0 Å². The van der Waals surface area contributed by atoms with Gasteiger partial charge in [0.25, 0.3) is 0 Å². The van der Waals surface area contributed by atoms with Crippen LogP contribution in [0.2, 0.25) is 5.15 Å². The van der Waals surface area contributed by atoms with Crippen LogP contribution in [0.5, 0.6) is 0 Å². The van der Waals surface area contributed by atoms with Crippen LogP contribution in [0.25, 0.3) is 10.9 Å². The second kappa shape index (κ2) is 4.76. The van der Waals surface area contributed by atoms with E-state index >= 15 is 0 Å². The van der Waals surface area contributed by atoms with E-state index in [2.05, 4.69) is 9.97 Å². The predicted molar refractivity (Wildman–Crippen MR) is 59.3 cm³/mol. The molecule has 0 radical (unpaired) electrons. The standard InChI is InChI=1S/C11H5ClF6N2/c12-8-6-3-1-2-5(4-10(13,14)15)7(6)19-9(20-8)11(16,17)18/h1-3H,4H2. The maximum absolute atomic E-state index is 12.6. The highest BCUT2D eigenvalue weighted by Crippen LogP contribution is 2.32. The van der Waals surface area contributed by atoms with Gasteiger partial charge in [0.05, 0.1) is 11.9 Å². The highest BCUT2D eigenvalue weighted by Gasteiger charge is 2.36. The number of rotatable bonds is 1. The number of hydrogen-bond acceptors (Lipinski definition) is 2. The van der Waals surface area contributed by atoms with Gasteiger partial charge in [-0.1, -0.05) is 23.7 Å². The lowest BCUT2D eigenvalue weighted by molar-refractivity contribution is -0.144. The summed E-state index contributed by atoms with van der Waals surface area (Å²) in [7, 11) is 0. The van der Waals surface area contributed by atoms with E-state index in [9.17, 15) is 26.3 Å². The van der Waals surface area contributed by atoms with Gasteiger partial charge in [-0.2, -0.15) is 26.3 Å². The van der Waals surface area contributed by atoms with E-state index in [0.717, 1.165) is 6.07 Å². The number of alkyl halides is 6. The van der Waals surface area contributed by atoms with Crippen molar-refractivity contribution < 1.29 is 26.3 Å². The lowest BCUT2D eigenvalue weighted by Crippen LogP contribution is -2.14. The molecule has 0 N–H and O–H groups in total. The number of aromatic nitrogens is 2. The number of hydrogen-bond donors (Lipinski definition) is 0. The molecule has 0 spiro atoms. The Kier molecular flexibility index (Phi) is 3.53. The molecule has 1 aromatic heterocycles. The Morgan fingerprint density at radius 1 is 1.00 bits per heavy atom. The van der Waals surface area contributed by atoms with Gasteiger partial charge in [0.15, 0.2) is 0 Å². The largest absolute Gasteiger partial charge is 0.451 e. The van der Waals surface area contributed by atoms with Crippen molar-refractivity contribution in [2.75, 3.05) is 0 Å². The van der Waals surface area contributed by atoms with Crippen LogP contribution in [0.4, 0.5) is 26.3 Å². The number of nitrogens with zero attached hydrogens (tertiary/aromatic N) is 2.